The number of hydrogen-bond acceptors (Lipinski definition) is 8. The molecule has 10 heteroatoms. The molecule has 0 aromatic heterocycles. The zero-order valence-corrected chi connectivity index (χ0v) is 26.1. The van der Waals surface area contributed by atoms with Gasteiger partial charge in [0.1, 0.15) is 23.1 Å². The number of carbonyl (C=O) groups excluding carboxylic acids is 4. The number of carbonyl (C=O) groups is 4. The van der Waals surface area contributed by atoms with E-state index in [1.807, 2.05) is 0 Å². The van der Waals surface area contributed by atoms with Crippen LogP contribution in [0.25, 0.3) is 0 Å². The minimum atomic E-state index is -0.595. The van der Waals surface area contributed by atoms with Crippen LogP contribution in [0.15, 0.2) is 0 Å². The molecule has 0 rings (SSSR count). The molecule has 0 radical (unpaired) electrons. The van der Waals surface area contributed by atoms with Crippen molar-refractivity contribution in [3.63, 3.8) is 0 Å². The van der Waals surface area contributed by atoms with E-state index in [9.17, 15) is 19.2 Å². The number of methoxy groups -OCH3 is 1. The Kier molecular flexibility index (Phi) is 30.0. The van der Waals surface area contributed by atoms with E-state index in [0.717, 1.165) is 0 Å². The van der Waals surface area contributed by atoms with Gasteiger partial charge in [-0.3, -0.25) is 19.7 Å². The molecule has 168 valence electrons. The van der Waals surface area contributed by atoms with Gasteiger partial charge in [-0.25, -0.2) is 0 Å². The van der Waals surface area contributed by atoms with Crippen LogP contribution < -0.4 is 114 Å². The summed E-state index contributed by atoms with van der Waals surface area (Å²) in [4.78, 5) is 48.4. The molecule has 0 aliphatic carbocycles. The Morgan fingerprint density at radius 2 is 1.61 bits per heavy atom. The quantitative estimate of drug-likeness (QED) is 0.0755. The monoisotopic (exact) mass is 491 g/mol. The Labute approximate surface area is 272 Å². The fourth-order valence-corrected chi connectivity index (χ4v) is 2.93. The maximum absolute atomic E-state index is 12.4. The van der Waals surface area contributed by atoms with Gasteiger partial charge in [-0.2, -0.15) is 0 Å². The van der Waals surface area contributed by atoms with Crippen molar-refractivity contribution in [1.82, 2.24) is 5.32 Å². The Bertz CT molecular complexity index is 520. The van der Waals surface area contributed by atoms with Gasteiger partial charge >= 0.3 is 103 Å². The minimum Gasteiger partial charge on any atom is -0.382 e. The van der Waals surface area contributed by atoms with Gasteiger partial charge in [-0.05, 0) is 12.8 Å². The summed E-state index contributed by atoms with van der Waals surface area (Å²) in [6.45, 7) is 6.83. The number of Topliss-reactive ketones (excluding diaryl/α,β-unsaturated/α-hetero) is 4. The molecule has 2 unspecified atom stereocenters. The zero-order chi connectivity index (χ0) is 22.1. The molecule has 0 aromatic carbocycles. The molecule has 0 saturated carbocycles. The molecular formula is C21H37K2N2O6+. The number of ketones is 4. The van der Waals surface area contributed by atoms with E-state index < -0.39 is 12.0 Å². The van der Waals surface area contributed by atoms with Crippen LogP contribution in [-0.4, -0.2) is 62.8 Å². The number of hydrogen-bond donors (Lipinski definition) is 2. The van der Waals surface area contributed by atoms with Gasteiger partial charge in [0.05, 0.1) is 19.3 Å². The van der Waals surface area contributed by atoms with Gasteiger partial charge in [0, 0.05) is 58.4 Å². The second-order valence-electron chi connectivity index (χ2n) is 6.93. The Morgan fingerprint density at radius 3 is 2.16 bits per heavy atom. The predicted octanol–water partition coefficient (Wildman–Crippen LogP) is -4.60. The fourth-order valence-electron chi connectivity index (χ4n) is 2.93. The Balaban J connectivity index is -0.00000392. The molecule has 8 nitrogen and oxygen atoms in total. The van der Waals surface area contributed by atoms with Crippen LogP contribution >= 0.6 is 0 Å². The third-order valence-corrected chi connectivity index (χ3v) is 4.64. The van der Waals surface area contributed by atoms with Gasteiger partial charge in [0.25, 0.3) is 0 Å². The van der Waals surface area contributed by atoms with Crippen molar-refractivity contribution in [2.24, 2.45) is 11.7 Å². The largest absolute Gasteiger partial charge is 1.00 e. The van der Waals surface area contributed by atoms with E-state index >= 15 is 0 Å². The summed E-state index contributed by atoms with van der Waals surface area (Å²) in [5.74, 6) is -0.973. The van der Waals surface area contributed by atoms with Crippen molar-refractivity contribution >= 4 is 23.1 Å². The second kappa shape index (κ2) is 24.9. The van der Waals surface area contributed by atoms with Crippen LogP contribution in [0.5, 0.6) is 0 Å². The van der Waals surface area contributed by atoms with E-state index in [-0.39, 0.29) is 165 Å². The van der Waals surface area contributed by atoms with Gasteiger partial charge in [0.2, 0.25) is 0 Å². The topological polar surface area (TPSA) is 125 Å². The number of ether oxygens (including phenoxy) is 2. The standard InChI is InChI=1S/C21H37N2O6.2K/c1-4-17(24)13-16(20(26)5-2)14-18(25)8-9-19(23-15-22)21(27)7-6-10-29-12-11-28-3;;/h16,19,23H,1,4-15,22H2,2-3H3;;/q-1;2*+1. The van der Waals surface area contributed by atoms with E-state index in [4.69, 9.17) is 15.2 Å². The van der Waals surface area contributed by atoms with Gasteiger partial charge in [0.15, 0.2) is 0 Å². The summed E-state index contributed by atoms with van der Waals surface area (Å²) in [7, 11) is 1.59. The van der Waals surface area contributed by atoms with Crippen LogP contribution in [0.3, 0.4) is 0 Å². The molecule has 31 heavy (non-hydrogen) atoms. The minimum absolute atomic E-state index is 0. The summed E-state index contributed by atoms with van der Waals surface area (Å²) in [6, 6.07) is -0.510. The Hall–Kier alpha value is 1.79. The summed E-state index contributed by atoms with van der Waals surface area (Å²) in [6.07, 6.45) is 1.84. The van der Waals surface area contributed by atoms with Gasteiger partial charge in [-0.1, -0.05) is 6.92 Å². The van der Waals surface area contributed by atoms with Crippen molar-refractivity contribution < 1.29 is 131 Å². The van der Waals surface area contributed by atoms with Crippen LogP contribution in [0.2, 0.25) is 0 Å². The fraction of sp³-hybridized carbons (Fsp3) is 0.762. The first-order chi connectivity index (χ1) is 13.9. The van der Waals surface area contributed by atoms with Crippen LogP contribution in [0, 0.1) is 12.8 Å². The molecule has 0 aliphatic rings. The van der Waals surface area contributed by atoms with Crippen LogP contribution in [-0.2, 0) is 28.7 Å². The zero-order valence-electron chi connectivity index (χ0n) is 19.9. The molecule has 0 saturated heterocycles. The molecule has 2 atom stereocenters. The van der Waals surface area contributed by atoms with E-state index in [0.29, 0.717) is 39.1 Å². The summed E-state index contributed by atoms with van der Waals surface area (Å²) < 4.78 is 10.2. The molecule has 0 aromatic rings. The molecule has 0 fully saturated rings. The number of nitrogens with two attached hydrogens (primary N) is 1. The number of nitrogens with one attached hydrogen (secondary N) is 1. The molecule has 0 amide bonds. The smallest absolute Gasteiger partial charge is 0.382 e. The predicted molar refractivity (Wildman–Crippen MR) is 110 cm³/mol. The van der Waals surface area contributed by atoms with E-state index in [2.05, 4.69) is 12.2 Å². The molecule has 0 aliphatic heterocycles. The first kappa shape index (κ1) is 37.3. The second-order valence-corrected chi connectivity index (χ2v) is 6.93. The average Bonchev–Trinajstić information content (AvgIpc) is 2.72. The van der Waals surface area contributed by atoms with Crippen molar-refractivity contribution in [1.29, 1.82) is 0 Å². The molecule has 0 bridgehead atoms. The van der Waals surface area contributed by atoms with Crippen LogP contribution in [0.4, 0.5) is 0 Å². The summed E-state index contributed by atoms with van der Waals surface area (Å²) in [5.41, 5.74) is 5.52. The third-order valence-electron chi connectivity index (χ3n) is 4.64. The normalized spacial score (nSPS) is 12.3. The van der Waals surface area contributed by atoms with Crippen molar-refractivity contribution in [3.8, 4) is 0 Å². The molecule has 3 N–H and O–H groups in total. The molecule has 0 spiro atoms. The SMILES string of the molecule is [CH2-]CC(=O)CC(CC(=O)CCC(NCN)C(=O)CCCOCCOC)C(=O)CC.[K+].[K+]. The van der Waals surface area contributed by atoms with Gasteiger partial charge < -0.3 is 26.9 Å². The Morgan fingerprint density at radius 1 is 0.968 bits per heavy atom. The maximum Gasteiger partial charge on any atom is 1.00 e. The van der Waals surface area contributed by atoms with Crippen molar-refractivity contribution in [3.05, 3.63) is 6.92 Å². The van der Waals surface area contributed by atoms with E-state index in [1.54, 1.807) is 14.0 Å². The van der Waals surface area contributed by atoms with Gasteiger partial charge in [-0.15, -0.1) is 6.42 Å². The number of rotatable bonds is 20. The summed E-state index contributed by atoms with van der Waals surface area (Å²) in [5, 5.41) is 2.91. The van der Waals surface area contributed by atoms with Crippen molar-refractivity contribution in [2.75, 3.05) is 33.6 Å². The molecule has 0 heterocycles. The van der Waals surface area contributed by atoms with Crippen LogP contribution in [0.1, 0.15) is 58.3 Å². The average molecular weight is 492 g/mol. The first-order valence-electron chi connectivity index (χ1n) is 10.3. The summed E-state index contributed by atoms with van der Waals surface area (Å²) >= 11 is 0. The third kappa shape index (κ3) is 19.8. The molecular weight excluding hydrogens is 454 g/mol. The van der Waals surface area contributed by atoms with E-state index in [1.165, 1.54) is 0 Å². The van der Waals surface area contributed by atoms with Crippen molar-refractivity contribution in [2.45, 2.75) is 64.3 Å². The maximum atomic E-state index is 12.4. The first-order valence-corrected chi connectivity index (χ1v) is 10.3.